The minimum Gasteiger partial charge on any atom is -0.347 e. The lowest BCUT2D eigenvalue weighted by atomic mass is 10.2. The zero-order valence-electron chi connectivity index (χ0n) is 15.8. The number of hydrogen-bond acceptors (Lipinski definition) is 6. The van der Waals surface area contributed by atoms with Crippen LogP contribution in [0.1, 0.15) is 31.4 Å². The maximum Gasteiger partial charge on any atom is 0.228 e. The zero-order valence-corrected chi connectivity index (χ0v) is 15.8. The van der Waals surface area contributed by atoms with Crippen molar-refractivity contribution in [1.82, 2.24) is 15.0 Å². The highest BCUT2D eigenvalue weighted by atomic mass is 16.7. The van der Waals surface area contributed by atoms with Crippen LogP contribution >= 0.6 is 0 Å². The van der Waals surface area contributed by atoms with Crippen LogP contribution in [-0.4, -0.2) is 28.2 Å². The van der Waals surface area contributed by atoms with E-state index in [9.17, 15) is 0 Å². The normalized spacial score (nSPS) is 11.0. The van der Waals surface area contributed by atoms with Crippen LogP contribution in [0.5, 0.6) is 0 Å². The van der Waals surface area contributed by atoms with Crippen LogP contribution in [0.3, 0.4) is 0 Å². The maximum absolute atomic E-state index is 5.73. The second-order valence-electron chi connectivity index (χ2n) is 5.93. The largest absolute Gasteiger partial charge is 0.347 e. The summed E-state index contributed by atoms with van der Waals surface area (Å²) in [6.07, 6.45) is 2.97. The molecule has 2 aromatic heterocycles. The number of nitrogens with one attached hydrogen (secondary N) is 1. The number of aryl methyl sites for hydroxylation is 1. The van der Waals surface area contributed by atoms with Gasteiger partial charge in [-0.25, -0.2) is 9.97 Å². The highest BCUT2D eigenvalue weighted by Gasteiger charge is 2.17. The van der Waals surface area contributed by atoms with Gasteiger partial charge in [0, 0.05) is 36.9 Å². The van der Waals surface area contributed by atoms with Gasteiger partial charge in [0.2, 0.25) is 12.2 Å². The van der Waals surface area contributed by atoms with E-state index in [2.05, 4.69) is 20.3 Å². The van der Waals surface area contributed by atoms with Gasteiger partial charge in [0.25, 0.3) is 0 Å². The average Bonchev–Trinajstić information content (AvgIpc) is 2.70. The summed E-state index contributed by atoms with van der Waals surface area (Å²) in [5.74, 6) is 0.491. The number of ether oxygens (including phenoxy) is 2. The molecule has 27 heavy (non-hydrogen) atoms. The van der Waals surface area contributed by atoms with Crippen LogP contribution in [0.4, 0.5) is 11.6 Å². The fourth-order valence-electron chi connectivity index (χ4n) is 2.66. The lowest BCUT2D eigenvalue weighted by molar-refractivity contribution is -0.142. The van der Waals surface area contributed by atoms with Gasteiger partial charge in [-0.3, -0.25) is 4.98 Å². The van der Waals surface area contributed by atoms with Crippen molar-refractivity contribution in [3.8, 4) is 11.3 Å². The molecule has 3 rings (SSSR count). The monoisotopic (exact) mass is 364 g/mol. The van der Waals surface area contributed by atoms with E-state index in [1.165, 1.54) is 0 Å². The van der Waals surface area contributed by atoms with E-state index < -0.39 is 6.29 Å². The summed E-state index contributed by atoms with van der Waals surface area (Å²) in [6.45, 7) is 6.95. The van der Waals surface area contributed by atoms with Gasteiger partial charge in [0.05, 0.1) is 5.69 Å². The summed E-state index contributed by atoms with van der Waals surface area (Å²) >= 11 is 0. The predicted octanol–water partition coefficient (Wildman–Crippen LogP) is 4.66. The van der Waals surface area contributed by atoms with Crippen molar-refractivity contribution in [2.45, 2.75) is 27.1 Å². The van der Waals surface area contributed by atoms with Crippen molar-refractivity contribution in [3.63, 3.8) is 0 Å². The summed E-state index contributed by atoms with van der Waals surface area (Å²) in [5.41, 5.74) is 4.40. The van der Waals surface area contributed by atoms with Crippen LogP contribution in [0.25, 0.3) is 11.3 Å². The molecule has 0 saturated carbocycles. The Morgan fingerprint density at radius 2 is 1.78 bits per heavy atom. The molecule has 1 N–H and O–H groups in total. The Morgan fingerprint density at radius 1 is 1.00 bits per heavy atom. The quantitative estimate of drug-likeness (QED) is 0.586. The van der Waals surface area contributed by atoms with Gasteiger partial charge in [-0.2, -0.15) is 0 Å². The number of benzene rings is 1. The number of rotatable bonds is 8. The van der Waals surface area contributed by atoms with Gasteiger partial charge in [-0.05, 0) is 50.6 Å². The van der Waals surface area contributed by atoms with E-state index in [1.54, 1.807) is 12.4 Å². The van der Waals surface area contributed by atoms with Gasteiger partial charge in [0.15, 0.2) is 0 Å². The van der Waals surface area contributed by atoms with Crippen LogP contribution in [-0.2, 0) is 9.47 Å². The molecular formula is C21H24N4O2. The molecular weight excluding hydrogens is 340 g/mol. The van der Waals surface area contributed by atoms with Crippen LogP contribution in [0.15, 0.2) is 54.9 Å². The molecule has 140 valence electrons. The molecule has 6 heteroatoms. The molecule has 2 heterocycles. The lowest BCUT2D eigenvalue weighted by Crippen LogP contribution is -2.13. The molecule has 0 aliphatic heterocycles. The van der Waals surface area contributed by atoms with Crippen molar-refractivity contribution in [3.05, 3.63) is 66.1 Å². The molecule has 0 radical (unpaired) electrons. The van der Waals surface area contributed by atoms with E-state index in [-0.39, 0.29) is 0 Å². The number of pyridine rings is 1. The smallest absolute Gasteiger partial charge is 0.228 e. The Labute approximate surface area is 159 Å². The van der Waals surface area contributed by atoms with Crippen molar-refractivity contribution in [2.75, 3.05) is 18.5 Å². The van der Waals surface area contributed by atoms with E-state index >= 15 is 0 Å². The highest BCUT2D eigenvalue weighted by molar-refractivity contribution is 5.63. The van der Waals surface area contributed by atoms with Gasteiger partial charge in [-0.15, -0.1) is 0 Å². The van der Waals surface area contributed by atoms with Crippen LogP contribution in [0, 0.1) is 6.92 Å². The van der Waals surface area contributed by atoms with Crippen molar-refractivity contribution in [1.29, 1.82) is 0 Å². The van der Waals surface area contributed by atoms with E-state index in [4.69, 9.17) is 9.47 Å². The second kappa shape index (κ2) is 9.21. The fraction of sp³-hybridized carbons (Fsp3) is 0.286. The summed E-state index contributed by atoms with van der Waals surface area (Å²) in [6, 6.07) is 13.7. The molecule has 0 spiro atoms. The first-order valence-corrected chi connectivity index (χ1v) is 9.06. The average molecular weight is 364 g/mol. The summed E-state index contributed by atoms with van der Waals surface area (Å²) in [7, 11) is 0. The molecule has 1 aromatic carbocycles. The summed E-state index contributed by atoms with van der Waals surface area (Å²) in [4.78, 5) is 13.5. The molecule has 0 aliphatic carbocycles. The van der Waals surface area contributed by atoms with Crippen LogP contribution in [0.2, 0.25) is 0 Å². The van der Waals surface area contributed by atoms with Crippen LogP contribution < -0.4 is 5.32 Å². The van der Waals surface area contributed by atoms with Gasteiger partial charge >= 0.3 is 0 Å². The topological polar surface area (TPSA) is 69.2 Å². The van der Waals surface area contributed by atoms with Gasteiger partial charge in [-0.1, -0.05) is 18.2 Å². The Hall–Kier alpha value is -2.83. The minimum absolute atomic E-state index is 0.491. The van der Waals surface area contributed by atoms with Crippen molar-refractivity contribution in [2.24, 2.45) is 0 Å². The van der Waals surface area contributed by atoms with Crippen molar-refractivity contribution >= 4 is 11.6 Å². The molecule has 0 unspecified atom stereocenters. The third-order valence-electron chi connectivity index (χ3n) is 3.97. The SMILES string of the molecule is CCOC(OCC)c1cc(-c2cccnc2)nc(Nc2ccccc2C)n1. The Kier molecular flexibility index (Phi) is 6.46. The molecule has 0 bridgehead atoms. The van der Waals surface area contributed by atoms with Crippen molar-refractivity contribution < 1.29 is 9.47 Å². The maximum atomic E-state index is 5.73. The van der Waals surface area contributed by atoms with E-state index in [0.717, 1.165) is 22.5 Å². The Morgan fingerprint density at radius 3 is 2.44 bits per heavy atom. The second-order valence-corrected chi connectivity index (χ2v) is 5.93. The Bertz CT molecular complexity index is 865. The van der Waals surface area contributed by atoms with Gasteiger partial charge < -0.3 is 14.8 Å². The zero-order chi connectivity index (χ0) is 19.1. The summed E-state index contributed by atoms with van der Waals surface area (Å²) in [5, 5.41) is 3.31. The van der Waals surface area contributed by atoms with E-state index in [0.29, 0.717) is 24.9 Å². The fourth-order valence-corrected chi connectivity index (χ4v) is 2.66. The number of hydrogen-bond donors (Lipinski definition) is 1. The number of nitrogens with zero attached hydrogens (tertiary/aromatic N) is 3. The molecule has 0 saturated heterocycles. The third-order valence-corrected chi connectivity index (χ3v) is 3.97. The first-order chi connectivity index (χ1) is 13.2. The number of para-hydroxylation sites is 1. The van der Waals surface area contributed by atoms with Gasteiger partial charge in [0.1, 0.15) is 5.69 Å². The number of anilines is 2. The first kappa shape index (κ1) is 18.9. The standard InChI is InChI=1S/C21H24N4O2/c1-4-26-20(27-5-2)19-13-18(16-10-8-12-22-14-16)24-21(25-19)23-17-11-7-6-9-15(17)3/h6-14,20H,4-5H2,1-3H3,(H,23,24,25). The third kappa shape index (κ3) is 4.87. The molecule has 0 amide bonds. The summed E-state index contributed by atoms with van der Waals surface area (Å²) < 4.78 is 11.5. The molecule has 6 nitrogen and oxygen atoms in total. The molecule has 0 aliphatic rings. The molecule has 0 atom stereocenters. The molecule has 3 aromatic rings. The lowest BCUT2D eigenvalue weighted by Gasteiger charge is -2.18. The number of aromatic nitrogens is 3. The highest BCUT2D eigenvalue weighted by Crippen LogP contribution is 2.26. The predicted molar refractivity (Wildman–Crippen MR) is 106 cm³/mol. The molecule has 0 fully saturated rings. The first-order valence-electron chi connectivity index (χ1n) is 9.06. The van der Waals surface area contributed by atoms with E-state index in [1.807, 2.05) is 63.2 Å². The Balaban J connectivity index is 2.03. The minimum atomic E-state index is -0.546.